The van der Waals surface area contributed by atoms with Gasteiger partial charge in [0.15, 0.2) is 6.61 Å². The van der Waals surface area contributed by atoms with E-state index in [1.54, 1.807) is 0 Å². The first-order valence-electron chi connectivity index (χ1n) is 5.37. The van der Waals surface area contributed by atoms with Crippen molar-refractivity contribution in [2.24, 2.45) is 5.73 Å². The molecule has 0 aliphatic heterocycles. The summed E-state index contributed by atoms with van der Waals surface area (Å²) in [4.78, 5) is 13.2. The quantitative estimate of drug-likeness (QED) is 0.776. The number of hydrogen-bond acceptors (Lipinski definition) is 3. The minimum absolute atomic E-state index is 0.0192. The van der Waals surface area contributed by atoms with Crippen LogP contribution < -0.4 is 5.73 Å². The topological polar surface area (TPSA) is 55.6 Å². The monoisotopic (exact) mass is 232 g/mol. The highest BCUT2D eigenvalue weighted by molar-refractivity contribution is 5.67. The van der Waals surface area contributed by atoms with Gasteiger partial charge in [-0.3, -0.25) is 0 Å². The lowest BCUT2D eigenvalue weighted by atomic mass is 10.2. The molecule has 0 saturated carbocycles. The molecular weight excluding hydrogens is 216 g/mol. The lowest BCUT2D eigenvalue weighted by Gasteiger charge is -2.20. The Morgan fingerprint density at radius 2 is 2.12 bits per heavy atom. The van der Waals surface area contributed by atoms with Crippen LogP contribution in [0.1, 0.15) is 5.56 Å². The van der Waals surface area contributed by atoms with E-state index in [0.717, 1.165) is 5.56 Å². The lowest BCUT2D eigenvalue weighted by molar-refractivity contribution is 0.112. The zero-order valence-electron chi connectivity index (χ0n) is 9.63. The molecule has 2 N–H and O–H groups in total. The Kier molecular flexibility index (Phi) is 5.62. The van der Waals surface area contributed by atoms with E-state index in [2.05, 4.69) is 5.92 Å². The zero-order valence-corrected chi connectivity index (χ0v) is 9.63. The summed E-state index contributed by atoms with van der Waals surface area (Å²) in [6.07, 6.45) is 4.60. The van der Waals surface area contributed by atoms with Crippen molar-refractivity contribution in [3.05, 3.63) is 35.9 Å². The first kappa shape index (κ1) is 13.1. The molecule has 0 saturated heterocycles. The van der Waals surface area contributed by atoms with Crippen molar-refractivity contribution in [2.75, 3.05) is 19.7 Å². The van der Waals surface area contributed by atoms with Crippen LogP contribution in [0.15, 0.2) is 30.3 Å². The van der Waals surface area contributed by atoms with E-state index < -0.39 is 6.09 Å². The van der Waals surface area contributed by atoms with Crippen LogP contribution in [0.4, 0.5) is 4.79 Å². The number of benzene rings is 1. The molecule has 17 heavy (non-hydrogen) atoms. The van der Waals surface area contributed by atoms with Gasteiger partial charge in [-0.05, 0) is 5.56 Å². The van der Waals surface area contributed by atoms with Gasteiger partial charge >= 0.3 is 6.09 Å². The van der Waals surface area contributed by atoms with Gasteiger partial charge in [0.05, 0.1) is 0 Å². The summed E-state index contributed by atoms with van der Waals surface area (Å²) in [6, 6.07) is 9.65. The predicted molar refractivity (Wildman–Crippen MR) is 66.1 cm³/mol. The molecule has 0 aliphatic carbocycles. The summed E-state index contributed by atoms with van der Waals surface area (Å²) in [7, 11) is 0. The number of hydrogen-bond donors (Lipinski definition) is 1. The smallest absolute Gasteiger partial charge is 0.411 e. The van der Waals surface area contributed by atoms with Crippen LogP contribution in [0.5, 0.6) is 0 Å². The number of rotatable bonds is 5. The molecule has 4 heteroatoms. The van der Waals surface area contributed by atoms with Crippen molar-refractivity contribution in [1.82, 2.24) is 4.90 Å². The maximum absolute atomic E-state index is 11.6. The van der Waals surface area contributed by atoms with Crippen molar-refractivity contribution in [1.29, 1.82) is 0 Å². The molecule has 4 nitrogen and oxygen atoms in total. The van der Waals surface area contributed by atoms with Gasteiger partial charge in [0, 0.05) is 19.6 Å². The normalized spacial score (nSPS) is 9.41. The Morgan fingerprint density at radius 1 is 1.41 bits per heavy atom. The maximum atomic E-state index is 11.6. The number of nitrogens with zero attached hydrogens (tertiary/aromatic N) is 1. The van der Waals surface area contributed by atoms with Gasteiger partial charge in [-0.2, -0.15) is 0 Å². The minimum Gasteiger partial charge on any atom is -0.436 e. The molecule has 1 aromatic carbocycles. The Labute approximate surface area is 101 Å². The van der Waals surface area contributed by atoms with Gasteiger partial charge in [-0.1, -0.05) is 36.3 Å². The molecule has 0 aliphatic rings. The second kappa shape index (κ2) is 7.31. The van der Waals surface area contributed by atoms with Crippen LogP contribution in [0, 0.1) is 12.3 Å². The van der Waals surface area contributed by atoms with E-state index in [1.807, 2.05) is 30.3 Å². The summed E-state index contributed by atoms with van der Waals surface area (Å²) in [5, 5.41) is 0. The van der Waals surface area contributed by atoms with Crippen molar-refractivity contribution in [3.63, 3.8) is 0 Å². The molecule has 1 aromatic rings. The molecule has 0 fully saturated rings. The molecule has 0 radical (unpaired) electrons. The standard InChI is InChI=1S/C13H16N2O2/c1-2-10-17-13(16)15(9-8-14)11-12-6-4-3-5-7-12/h1,3-7H,8-11,14H2. The third-order valence-electron chi connectivity index (χ3n) is 2.15. The average Bonchev–Trinajstić information content (AvgIpc) is 2.36. The van der Waals surface area contributed by atoms with Crippen LogP contribution in [0.25, 0.3) is 0 Å². The molecule has 0 unspecified atom stereocenters. The van der Waals surface area contributed by atoms with E-state index in [0.29, 0.717) is 19.6 Å². The van der Waals surface area contributed by atoms with E-state index in [1.165, 1.54) is 4.90 Å². The summed E-state index contributed by atoms with van der Waals surface area (Å²) < 4.78 is 4.87. The van der Waals surface area contributed by atoms with E-state index in [-0.39, 0.29) is 6.61 Å². The fourth-order valence-electron chi connectivity index (χ4n) is 1.39. The van der Waals surface area contributed by atoms with Crippen molar-refractivity contribution in [2.45, 2.75) is 6.54 Å². The van der Waals surface area contributed by atoms with Gasteiger partial charge in [0.25, 0.3) is 0 Å². The Balaban J connectivity index is 2.60. The third-order valence-corrected chi connectivity index (χ3v) is 2.15. The fourth-order valence-corrected chi connectivity index (χ4v) is 1.39. The van der Waals surface area contributed by atoms with Gasteiger partial charge < -0.3 is 15.4 Å². The Hall–Kier alpha value is -1.99. The van der Waals surface area contributed by atoms with Crippen molar-refractivity contribution in [3.8, 4) is 12.3 Å². The van der Waals surface area contributed by atoms with Crippen LogP contribution in [-0.4, -0.2) is 30.7 Å². The molecule has 0 heterocycles. The second-order valence-corrected chi connectivity index (χ2v) is 3.45. The highest BCUT2D eigenvalue weighted by Gasteiger charge is 2.13. The number of terminal acetylenes is 1. The Morgan fingerprint density at radius 3 is 2.71 bits per heavy atom. The van der Waals surface area contributed by atoms with Crippen LogP contribution in [0.2, 0.25) is 0 Å². The van der Waals surface area contributed by atoms with Gasteiger partial charge in [-0.25, -0.2) is 4.79 Å². The fraction of sp³-hybridized carbons (Fsp3) is 0.308. The molecule has 0 aromatic heterocycles. The van der Waals surface area contributed by atoms with Gasteiger partial charge in [0.1, 0.15) is 0 Å². The van der Waals surface area contributed by atoms with Crippen molar-refractivity contribution < 1.29 is 9.53 Å². The Bertz CT molecular complexity index is 384. The molecule has 0 atom stereocenters. The van der Waals surface area contributed by atoms with Crippen LogP contribution in [0.3, 0.4) is 0 Å². The van der Waals surface area contributed by atoms with E-state index >= 15 is 0 Å². The molecule has 1 rings (SSSR count). The zero-order chi connectivity index (χ0) is 12.5. The molecule has 0 spiro atoms. The average molecular weight is 232 g/mol. The summed E-state index contributed by atoms with van der Waals surface area (Å²) in [6.45, 7) is 1.28. The second-order valence-electron chi connectivity index (χ2n) is 3.45. The maximum Gasteiger partial charge on any atom is 0.411 e. The minimum atomic E-state index is -0.433. The number of carbonyl (C=O) groups is 1. The predicted octanol–water partition coefficient (Wildman–Crippen LogP) is 1.22. The number of carbonyl (C=O) groups excluding carboxylic acids is 1. The van der Waals surface area contributed by atoms with Gasteiger partial charge in [0.2, 0.25) is 0 Å². The lowest BCUT2D eigenvalue weighted by Crippen LogP contribution is -2.35. The SMILES string of the molecule is C#CCOC(=O)N(CCN)Cc1ccccc1. The van der Waals surface area contributed by atoms with E-state index in [9.17, 15) is 4.79 Å². The first-order valence-corrected chi connectivity index (χ1v) is 5.37. The van der Waals surface area contributed by atoms with Crippen molar-refractivity contribution >= 4 is 6.09 Å². The summed E-state index contributed by atoms with van der Waals surface area (Å²) >= 11 is 0. The number of amides is 1. The molecule has 1 amide bonds. The highest BCUT2D eigenvalue weighted by Crippen LogP contribution is 2.05. The van der Waals surface area contributed by atoms with E-state index in [4.69, 9.17) is 16.9 Å². The third kappa shape index (κ3) is 4.58. The number of ether oxygens (including phenoxy) is 1. The largest absolute Gasteiger partial charge is 0.436 e. The molecule has 90 valence electrons. The molecule has 0 bridgehead atoms. The number of nitrogens with two attached hydrogens (primary N) is 1. The van der Waals surface area contributed by atoms with Crippen LogP contribution >= 0.6 is 0 Å². The molecular formula is C13H16N2O2. The van der Waals surface area contributed by atoms with Gasteiger partial charge in [-0.15, -0.1) is 6.42 Å². The first-order chi connectivity index (χ1) is 8.27. The summed E-state index contributed by atoms with van der Waals surface area (Å²) in [5.74, 6) is 2.26. The highest BCUT2D eigenvalue weighted by atomic mass is 16.6. The summed E-state index contributed by atoms with van der Waals surface area (Å²) in [5.41, 5.74) is 6.49. The van der Waals surface area contributed by atoms with Crippen LogP contribution in [-0.2, 0) is 11.3 Å².